The van der Waals surface area contributed by atoms with Gasteiger partial charge in [0.15, 0.2) is 5.76 Å². The third kappa shape index (κ3) is 2.56. The second kappa shape index (κ2) is 4.45. The third-order valence-electron chi connectivity index (χ3n) is 2.72. The smallest absolute Gasteiger partial charge is 0.291 e. The second-order valence-corrected chi connectivity index (χ2v) is 4.24. The minimum atomic E-state index is -0.221. The Morgan fingerprint density at radius 2 is 1.88 bits per heavy atom. The molecule has 17 heavy (non-hydrogen) atoms. The summed E-state index contributed by atoms with van der Waals surface area (Å²) in [5, 5.41) is 2.81. The Kier molecular flexibility index (Phi) is 3.00. The molecule has 1 heterocycles. The van der Waals surface area contributed by atoms with Crippen LogP contribution in [-0.4, -0.2) is 5.91 Å². The van der Waals surface area contributed by atoms with Crippen LogP contribution in [0.15, 0.2) is 34.9 Å². The van der Waals surface area contributed by atoms with E-state index in [1.165, 1.54) is 5.56 Å². The normalized spacial score (nSPS) is 10.3. The first-order valence-corrected chi connectivity index (χ1v) is 5.50. The van der Waals surface area contributed by atoms with Gasteiger partial charge in [0.1, 0.15) is 0 Å². The first-order chi connectivity index (χ1) is 8.06. The van der Waals surface area contributed by atoms with Gasteiger partial charge in [-0.2, -0.15) is 0 Å². The summed E-state index contributed by atoms with van der Waals surface area (Å²) in [5.74, 6) is 0.113. The number of hydrogen-bond acceptors (Lipinski definition) is 2. The molecule has 0 saturated heterocycles. The number of carbonyl (C=O) groups is 1. The molecule has 1 amide bonds. The van der Waals surface area contributed by atoms with Crippen molar-refractivity contribution in [2.45, 2.75) is 20.8 Å². The Labute approximate surface area is 100 Å². The van der Waals surface area contributed by atoms with Gasteiger partial charge in [0.25, 0.3) is 5.91 Å². The highest BCUT2D eigenvalue weighted by molar-refractivity contribution is 6.02. The van der Waals surface area contributed by atoms with Crippen LogP contribution in [0.25, 0.3) is 0 Å². The standard InChI is InChI=1S/C14H15NO2/c1-9-6-13(17-8-9)14(16)15-12-5-4-10(2)11(3)7-12/h4-8H,1-3H3,(H,15,16). The molecule has 0 bridgehead atoms. The Balaban J connectivity index is 2.15. The molecule has 88 valence electrons. The van der Waals surface area contributed by atoms with Crippen LogP contribution in [-0.2, 0) is 0 Å². The highest BCUT2D eigenvalue weighted by atomic mass is 16.3. The monoisotopic (exact) mass is 229 g/mol. The van der Waals surface area contributed by atoms with Crippen LogP contribution < -0.4 is 5.32 Å². The molecule has 2 rings (SSSR count). The molecule has 0 spiro atoms. The quantitative estimate of drug-likeness (QED) is 0.856. The lowest BCUT2D eigenvalue weighted by molar-refractivity contribution is 0.0996. The average molecular weight is 229 g/mol. The number of aryl methyl sites for hydroxylation is 3. The lowest BCUT2D eigenvalue weighted by Gasteiger charge is -2.06. The Bertz CT molecular complexity index is 555. The Morgan fingerprint density at radius 1 is 1.12 bits per heavy atom. The zero-order chi connectivity index (χ0) is 12.4. The highest BCUT2D eigenvalue weighted by Crippen LogP contribution is 2.16. The summed E-state index contributed by atoms with van der Waals surface area (Å²) in [6.07, 6.45) is 1.56. The molecule has 3 heteroatoms. The third-order valence-corrected chi connectivity index (χ3v) is 2.72. The molecule has 1 N–H and O–H groups in total. The van der Waals surface area contributed by atoms with E-state index in [2.05, 4.69) is 5.32 Å². The number of benzene rings is 1. The van der Waals surface area contributed by atoms with E-state index in [1.807, 2.05) is 39.0 Å². The summed E-state index contributed by atoms with van der Waals surface area (Å²) in [5.41, 5.74) is 4.08. The van der Waals surface area contributed by atoms with Gasteiger partial charge in [0.2, 0.25) is 0 Å². The largest absolute Gasteiger partial charge is 0.459 e. The van der Waals surface area contributed by atoms with Crippen LogP contribution in [0.4, 0.5) is 5.69 Å². The first kappa shape index (κ1) is 11.5. The molecule has 2 aromatic rings. The van der Waals surface area contributed by atoms with Crippen molar-refractivity contribution in [1.82, 2.24) is 0 Å². The molecular formula is C14H15NO2. The summed E-state index contributed by atoms with van der Waals surface area (Å²) in [4.78, 5) is 11.8. The lowest BCUT2D eigenvalue weighted by atomic mass is 10.1. The van der Waals surface area contributed by atoms with E-state index in [0.29, 0.717) is 5.76 Å². The SMILES string of the molecule is Cc1coc(C(=O)Nc2ccc(C)c(C)c2)c1. The van der Waals surface area contributed by atoms with E-state index in [1.54, 1.807) is 12.3 Å². The molecular weight excluding hydrogens is 214 g/mol. The van der Waals surface area contributed by atoms with Gasteiger partial charge >= 0.3 is 0 Å². The van der Waals surface area contributed by atoms with E-state index >= 15 is 0 Å². The van der Waals surface area contributed by atoms with Crippen molar-refractivity contribution in [3.05, 3.63) is 53.0 Å². The van der Waals surface area contributed by atoms with E-state index in [9.17, 15) is 4.79 Å². The topological polar surface area (TPSA) is 42.2 Å². The molecule has 0 aliphatic carbocycles. The minimum absolute atomic E-state index is 0.221. The summed E-state index contributed by atoms with van der Waals surface area (Å²) in [6.45, 7) is 5.94. The molecule has 0 unspecified atom stereocenters. The predicted octanol–water partition coefficient (Wildman–Crippen LogP) is 3.46. The number of rotatable bonds is 2. The number of carbonyl (C=O) groups excluding carboxylic acids is 1. The molecule has 1 aromatic heterocycles. The molecule has 0 aliphatic heterocycles. The molecule has 1 aromatic carbocycles. The van der Waals surface area contributed by atoms with Crippen LogP contribution in [0.3, 0.4) is 0 Å². The summed E-state index contributed by atoms with van der Waals surface area (Å²) >= 11 is 0. The van der Waals surface area contributed by atoms with Crippen LogP contribution >= 0.6 is 0 Å². The van der Waals surface area contributed by atoms with Gasteiger partial charge in [0, 0.05) is 5.69 Å². The van der Waals surface area contributed by atoms with Crippen LogP contribution in [0.1, 0.15) is 27.2 Å². The maximum atomic E-state index is 11.8. The van der Waals surface area contributed by atoms with Gasteiger partial charge in [-0.3, -0.25) is 4.79 Å². The van der Waals surface area contributed by atoms with Crippen molar-refractivity contribution in [2.24, 2.45) is 0 Å². The fraction of sp³-hybridized carbons (Fsp3) is 0.214. The van der Waals surface area contributed by atoms with Crippen molar-refractivity contribution in [3.63, 3.8) is 0 Å². The number of nitrogens with one attached hydrogen (secondary N) is 1. The number of furan rings is 1. The van der Waals surface area contributed by atoms with Gasteiger partial charge in [-0.05, 0) is 55.7 Å². The molecule has 0 fully saturated rings. The van der Waals surface area contributed by atoms with Gasteiger partial charge in [0.05, 0.1) is 6.26 Å². The maximum Gasteiger partial charge on any atom is 0.291 e. The van der Waals surface area contributed by atoms with Crippen molar-refractivity contribution in [1.29, 1.82) is 0 Å². The van der Waals surface area contributed by atoms with E-state index < -0.39 is 0 Å². The number of hydrogen-bond donors (Lipinski definition) is 1. The molecule has 0 aliphatic rings. The van der Waals surface area contributed by atoms with Crippen LogP contribution in [0.5, 0.6) is 0 Å². The van der Waals surface area contributed by atoms with Crippen molar-refractivity contribution in [2.75, 3.05) is 5.32 Å². The number of amides is 1. The van der Waals surface area contributed by atoms with E-state index in [4.69, 9.17) is 4.42 Å². The summed E-state index contributed by atoms with van der Waals surface area (Å²) in [6, 6.07) is 7.54. The zero-order valence-corrected chi connectivity index (χ0v) is 10.2. The fourth-order valence-electron chi connectivity index (χ4n) is 1.56. The van der Waals surface area contributed by atoms with Gasteiger partial charge < -0.3 is 9.73 Å². The molecule has 0 radical (unpaired) electrons. The van der Waals surface area contributed by atoms with Crippen LogP contribution in [0, 0.1) is 20.8 Å². The van der Waals surface area contributed by atoms with Gasteiger partial charge in [-0.15, -0.1) is 0 Å². The minimum Gasteiger partial charge on any atom is -0.459 e. The van der Waals surface area contributed by atoms with Gasteiger partial charge in [-0.25, -0.2) is 0 Å². The van der Waals surface area contributed by atoms with Crippen molar-refractivity contribution >= 4 is 11.6 Å². The Morgan fingerprint density at radius 3 is 2.47 bits per heavy atom. The maximum absolute atomic E-state index is 11.8. The Hall–Kier alpha value is -2.03. The predicted molar refractivity (Wildman–Crippen MR) is 67.3 cm³/mol. The van der Waals surface area contributed by atoms with Gasteiger partial charge in [-0.1, -0.05) is 6.07 Å². The summed E-state index contributed by atoms with van der Waals surface area (Å²) < 4.78 is 5.14. The zero-order valence-electron chi connectivity index (χ0n) is 10.2. The van der Waals surface area contributed by atoms with E-state index in [-0.39, 0.29) is 5.91 Å². The molecule has 0 atom stereocenters. The first-order valence-electron chi connectivity index (χ1n) is 5.50. The number of anilines is 1. The molecule has 3 nitrogen and oxygen atoms in total. The fourth-order valence-corrected chi connectivity index (χ4v) is 1.56. The van der Waals surface area contributed by atoms with Crippen LogP contribution in [0.2, 0.25) is 0 Å². The lowest BCUT2D eigenvalue weighted by Crippen LogP contribution is -2.10. The average Bonchev–Trinajstić information content (AvgIpc) is 2.70. The van der Waals surface area contributed by atoms with E-state index in [0.717, 1.165) is 16.8 Å². The molecule has 0 saturated carbocycles. The second-order valence-electron chi connectivity index (χ2n) is 4.24. The summed E-state index contributed by atoms with van der Waals surface area (Å²) in [7, 11) is 0. The van der Waals surface area contributed by atoms with Crippen molar-refractivity contribution in [3.8, 4) is 0 Å². The van der Waals surface area contributed by atoms with Crippen molar-refractivity contribution < 1.29 is 9.21 Å². The highest BCUT2D eigenvalue weighted by Gasteiger charge is 2.10.